The summed E-state index contributed by atoms with van der Waals surface area (Å²) >= 11 is 5.62. The number of ether oxygens (including phenoxy) is 1. The summed E-state index contributed by atoms with van der Waals surface area (Å²) in [7, 11) is 0. The van der Waals surface area contributed by atoms with E-state index >= 15 is 0 Å². The number of carbonyl (C=O) groups is 1. The van der Waals surface area contributed by atoms with Crippen LogP contribution in [0.25, 0.3) is 0 Å². The topological polar surface area (TPSA) is 63.2 Å². The second-order valence-corrected chi connectivity index (χ2v) is 4.05. The highest BCUT2D eigenvalue weighted by atomic mass is 35.5. The van der Waals surface area contributed by atoms with E-state index in [-0.39, 0.29) is 0 Å². The minimum Gasteiger partial charge on any atom is -0.462 e. The molecule has 0 amide bonds. The molecule has 2 heterocycles. The fourth-order valence-electron chi connectivity index (χ4n) is 1.34. The number of nitrogens with one attached hydrogen (secondary N) is 2. The van der Waals surface area contributed by atoms with Crippen molar-refractivity contribution in [3.63, 3.8) is 0 Å². The SMILES string of the molecule is C1CNCCN1.CCOC(=O)c1cncc(Cl)c1. The van der Waals surface area contributed by atoms with Crippen LogP contribution in [0.1, 0.15) is 17.3 Å². The average Bonchev–Trinajstić information content (AvgIpc) is 2.42. The van der Waals surface area contributed by atoms with Gasteiger partial charge in [-0.2, -0.15) is 0 Å². The smallest absolute Gasteiger partial charge is 0.339 e. The molecule has 0 atom stereocenters. The molecule has 0 unspecified atom stereocenters. The van der Waals surface area contributed by atoms with Crippen molar-refractivity contribution in [1.82, 2.24) is 15.6 Å². The van der Waals surface area contributed by atoms with Crippen molar-refractivity contribution >= 4 is 17.6 Å². The third-order valence-electron chi connectivity index (χ3n) is 2.17. The Morgan fingerprint density at radius 1 is 1.33 bits per heavy atom. The number of esters is 1. The first-order valence-corrected chi connectivity index (χ1v) is 6.31. The Balaban J connectivity index is 0.000000225. The van der Waals surface area contributed by atoms with Gasteiger partial charge >= 0.3 is 5.97 Å². The van der Waals surface area contributed by atoms with Gasteiger partial charge in [-0.25, -0.2) is 4.79 Å². The molecule has 2 rings (SSSR count). The van der Waals surface area contributed by atoms with E-state index in [1.165, 1.54) is 18.5 Å². The van der Waals surface area contributed by atoms with Gasteiger partial charge in [-0.3, -0.25) is 4.98 Å². The molecular formula is C12H18ClN3O2. The van der Waals surface area contributed by atoms with E-state index in [4.69, 9.17) is 16.3 Å². The van der Waals surface area contributed by atoms with Gasteiger partial charge in [-0.1, -0.05) is 11.6 Å². The Morgan fingerprint density at radius 3 is 2.39 bits per heavy atom. The van der Waals surface area contributed by atoms with Crippen molar-refractivity contribution in [1.29, 1.82) is 0 Å². The average molecular weight is 272 g/mol. The maximum absolute atomic E-state index is 11.1. The number of piperazine rings is 1. The van der Waals surface area contributed by atoms with Crippen LogP contribution in [0.15, 0.2) is 18.5 Å². The molecule has 1 aliphatic heterocycles. The molecule has 18 heavy (non-hydrogen) atoms. The van der Waals surface area contributed by atoms with Gasteiger partial charge in [0.05, 0.1) is 17.2 Å². The van der Waals surface area contributed by atoms with Gasteiger partial charge in [0, 0.05) is 38.6 Å². The molecule has 6 heteroatoms. The first-order valence-electron chi connectivity index (χ1n) is 5.93. The first-order chi connectivity index (χ1) is 8.74. The summed E-state index contributed by atoms with van der Waals surface area (Å²) in [4.78, 5) is 14.8. The number of hydrogen-bond donors (Lipinski definition) is 2. The molecule has 0 aromatic carbocycles. The minimum atomic E-state index is -0.396. The van der Waals surface area contributed by atoms with Gasteiger partial charge in [0.1, 0.15) is 0 Å². The van der Waals surface area contributed by atoms with Crippen LogP contribution in [0, 0.1) is 0 Å². The first kappa shape index (κ1) is 14.9. The molecule has 0 saturated carbocycles. The maximum atomic E-state index is 11.1. The number of aromatic nitrogens is 1. The van der Waals surface area contributed by atoms with Crippen molar-refractivity contribution in [2.24, 2.45) is 0 Å². The lowest BCUT2D eigenvalue weighted by Crippen LogP contribution is -2.39. The molecule has 0 spiro atoms. The van der Waals surface area contributed by atoms with Crippen molar-refractivity contribution in [2.75, 3.05) is 32.8 Å². The highest BCUT2D eigenvalue weighted by Crippen LogP contribution is 2.09. The zero-order valence-electron chi connectivity index (χ0n) is 10.4. The largest absolute Gasteiger partial charge is 0.462 e. The third-order valence-corrected chi connectivity index (χ3v) is 2.38. The monoisotopic (exact) mass is 271 g/mol. The van der Waals surface area contributed by atoms with Gasteiger partial charge in [0.15, 0.2) is 0 Å². The Kier molecular flexibility index (Phi) is 7.32. The molecule has 0 aliphatic carbocycles. The van der Waals surface area contributed by atoms with Crippen molar-refractivity contribution in [3.05, 3.63) is 29.0 Å². The van der Waals surface area contributed by atoms with Crippen LogP contribution >= 0.6 is 11.6 Å². The summed E-state index contributed by atoms with van der Waals surface area (Å²) in [5.41, 5.74) is 0.379. The van der Waals surface area contributed by atoms with Crippen LogP contribution in [-0.4, -0.2) is 43.7 Å². The normalized spacial score (nSPS) is 14.3. The lowest BCUT2D eigenvalue weighted by molar-refractivity contribution is 0.0526. The van der Waals surface area contributed by atoms with Crippen LogP contribution in [0.4, 0.5) is 0 Å². The van der Waals surface area contributed by atoms with Gasteiger partial charge in [-0.15, -0.1) is 0 Å². The number of halogens is 1. The summed E-state index contributed by atoms with van der Waals surface area (Å²) in [6.07, 6.45) is 2.88. The summed E-state index contributed by atoms with van der Waals surface area (Å²) in [6.45, 7) is 6.65. The van der Waals surface area contributed by atoms with Crippen LogP contribution in [0.5, 0.6) is 0 Å². The van der Waals surface area contributed by atoms with Crippen LogP contribution in [0.2, 0.25) is 5.02 Å². The van der Waals surface area contributed by atoms with Crippen molar-refractivity contribution < 1.29 is 9.53 Å². The summed E-state index contributed by atoms with van der Waals surface area (Å²) < 4.78 is 4.75. The fourth-order valence-corrected chi connectivity index (χ4v) is 1.52. The van der Waals surface area contributed by atoms with Crippen molar-refractivity contribution in [3.8, 4) is 0 Å². The number of nitrogens with zero attached hydrogens (tertiary/aromatic N) is 1. The highest BCUT2D eigenvalue weighted by Gasteiger charge is 2.05. The summed E-state index contributed by atoms with van der Waals surface area (Å²) in [6, 6.07) is 1.52. The molecule has 2 N–H and O–H groups in total. The molecule has 5 nitrogen and oxygen atoms in total. The van der Waals surface area contributed by atoms with E-state index < -0.39 is 5.97 Å². The maximum Gasteiger partial charge on any atom is 0.339 e. The second-order valence-electron chi connectivity index (χ2n) is 3.61. The predicted octanol–water partition coefficient (Wildman–Crippen LogP) is 1.09. The van der Waals surface area contributed by atoms with Crippen LogP contribution < -0.4 is 10.6 Å². The summed E-state index contributed by atoms with van der Waals surface area (Å²) in [5.74, 6) is -0.396. The lowest BCUT2D eigenvalue weighted by atomic mass is 10.3. The molecular weight excluding hydrogens is 254 g/mol. The minimum absolute atomic E-state index is 0.353. The van der Waals surface area contributed by atoms with E-state index in [1.54, 1.807) is 6.92 Å². The van der Waals surface area contributed by atoms with Gasteiger partial charge in [0.2, 0.25) is 0 Å². The van der Waals surface area contributed by atoms with Crippen LogP contribution in [0.3, 0.4) is 0 Å². The van der Waals surface area contributed by atoms with Crippen LogP contribution in [-0.2, 0) is 4.74 Å². The Bertz CT molecular complexity index is 359. The predicted molar refractivity (Wildman–Crippen MR) is 70.9 cm³/mol. The molecule has 100 valence electrons. The number of carbonyl (C=O) groups excluding carboxylic acids is 1. The van der Waals surface area contributed by atoms with Gasteiger partial charge < -0.3 is 15.4 Å². The zero-order valence-corrected chi connectivity index (χ0v) is 11.2. The summed E-state index contributed by atoms with van der Waals surface area (Å²) in [5, 5.41) is 6.88. The standard InChI is InChI=1S/C8H8ClNO2.C4H10N2/c1-2-12-8(11)6-3-7(9)5-10-4-6;1-2-6-4-3-5-1/h3-5H,2H2,1H3;5-6H,1-4H2. The molecule has 1 fully saturated rings. The molecule has 1 aromatic rings. The number of hydrogen-bond acceptors (Lipinski definition) is 5. The molecule has 0 radical (unpaired) electrons. The highest BCUT2D eigenvalue weighted by molar-refractivity contribution is 6.30. The van der Waals surface area contributed by atoms with Gasteiger partial charge in [-0.05, 0) is 13.0 Å². The molecule has 1 aromatic heterocycles. The second kappa shape index (κ2) is 8.85. The lowest BCUT2D eigenvalue weighted by Gasteiger charge is -2.11. The molecule has 1 aliphatic rings. The quantitative estimate of drug-likeness (QED) is 0.789. The third kappa shape index (κ3) is 5.95. The molecule has 1 saturated heterocycles. The van der Waals surface area contributed by atoms with E-state index in [9.17, 15) is 4.79 Å². The van der Waals surface area contributed by atoms with Gasteiger partial charge in [0.25, 0.3) is 0 Å². The Labute approximate surface area is 112 Å². The van der Waals surface area contributed by atoms with E-state index in [2.05, 4.69) is 15.6 Å². The Morgan fingerprint density at radius 2 is 1.94 bits per heavy atom. The number of rotatable bonds is 2. The van der Waals surface area contributed by atoms with Crippen molar-refractivity contribution in [2.45, 2.75) is 6.92 Å². The van der Waals surface area contributed by atoms with E-state index in [0.717, 1.165) is 26.2 Å². The van der Waals surface area contributed by atoms with E-state index in [0.29, 0.717) is 17.2 Å². The Hall–Kier alpha value is -1.17. The van der Waals surface area contributed by atoms with E-state index in [1.807, 2.05) is 0 Å². The number of pyridine rings is 1. The molecule has 0 bridgehead atoms. The fraction of sp³-hybridized carbons (Fsp3) is 0.500. The zero-order chi connectivity index (χ0) is 13.2.